The van der Waals surface area contributed by atoms with E-state index in [0.717, 1.165) is 48.0 Å². The second kappa shape index (κ2) is 5.54. The SMILES string of the molecule is Cc1c(CN(C)CCNC2CC2)oc2ccc(F)cc12. The predicted octanol–water partition coefficient (Wildman–Crippen LogP) is 3.06. The summed E-state index contributed by atoms with van der Waals surface area (Å²) in [7, 11) is 2.09. The summed E-state index contributed by atoms with van der Waals surface area (Å²) in [6, 6.07) is 5.44. The average molecular weight is 276 g/mol. The molecule has 1 aliphatic carbocycles. The first kappa shape index (κ1) is 13.6. The second-order valence-electron chi connectivity index (χ2n) is 5.76. The van der Waals surface area contributed by atoms with Gasteiger partial charge in [0.05, 0.1) is 6.54 Å². The van der Waals surface area contributed by atoms with Crippen molar-refractivity contribution in [3.63, 3.8) is 0 Å². The number of fused-ring (bicyclic) bond motifs is 1. The highest BCUT2D eigenvalue weighted by molar-refractivity contribution is 5.82. The number of hydrogen-bond acceptors (Lipinski definition) is 3. The molecule has 1 N–H and O–H groups in total. The van der Waals surface area contributed by atoms with Crippen LogP contribution in [0.25, 0.3) is 11.0 Å². The van der Waals surface area contributed by atoms with Crippen LogP contribution in [-0.4, -0.2) is 31.1 Å². The molecule has 0 atom stereocenters. The van der Waals surface area contributed by atoms with Crippen LogP contribution in [0.2, 0.25) is 0 Å². The number of aryl methyl sites for hydroxylation is 1. The van der Waals surface area contributed by atoms with E-state index < -0.39 is 0 Å². The predicted molar refractivity (Wildman–Crippen MR) is 78.3 cm³/mol. The zero-order valence-corrected chi connectivity index (χ0v) is 12.1. The molecule has 0 bridgehead atoms. The lowest BCUT2D eigenvalue weighted by Gasteiger charge is -2.15. The van der Waals surface area contributed by atoms with E-state index in [9.17, 15) is 4.39 Å². The number of hydrogen-bond donors (Lipinski definition) is 1. The third kappa shape index (κ3) is 3.02. The van der Waals surface area contributed by atoms with Crippen molar-refractivity contribution in [2.45, 2.75) is 32.4 Å². The fraction of sp³-hybridized carbons (Fsp3) is 0.500. The fourth-order valence-corrected chi connectivity index (χ4v) is 2.47. The molecule has 0 aliphatic heterocycles. The lowest BCUT2D eigenvalue weighted by Crippen LogP contribution is -2.30. The van der Waals surface area contributed by atoms with Crippen molar-refractivity contribution in [3.8, 4) is 0 Å². The number of furan rings is 1. The van der Waals surface area contributed by atoms with Gasteiger partial charge in [0, 0.05) is 24.5 Å². The van der Waals surface area contributed by atoms with E-state index in [2.05, 4.69) is 17.3 Å². The average Bonchev–Trinajstić information content (AvgIpc) is 3.18. The Hall–Kier alpha value is -1.39. The van der Waals surface area contributed by atoms with E-state index in [1.165, 1.54) is 18.9 Å². The largest absolute Gasteiger partial charge is 0.459 e. The van der Waals surface area contributed by atoms with Crippen LogP contribution < -0.4 is 5.32 Å². The molecular formula is C16H21FN2O. The molecule has 1 aliphatic rings. The molecule has 1 fully saturated rings. The van der Waals surface area contributed by atoms with Gasteiger partial charge in [-0.2, -0.15) is 0 Å². The molecule has 2 aromatic rings. The minimum atomic E-state index is -0.213. The van der Waals surface area contributed by atoms with Crippen molar-refractivity contribution in [2.24, 2.45) is 0 Å². The summed E-state index contributed by atoms with van der Waals surface area (Å²) in [5, 5.41) is 4.38. The zero-order chi connectivity index (χ0) is 14.1. The first-order chi connectivity index (χ1) is 9.63. The van der Waals surface area contributed by atoms with Crippen molar-refractivity contribution in [2.75, 3.05) is 20.1 Å². The smallest absolute Gasteiger partial charge is 0.134 e. The maximum absolute atomic E-state index is 13.3. The van der Waals surface area contributed by atoms with Crippen LogP contribution in [0.4, 0.5) is 4.39 Å². The Balaban J connectivity index is 1.65. The Labute approximate surface area is 118 Å². The number of rotatable bonds is 6. The Kier molecular flexibility index (Phi) is 3.76. The fourth-order valence-electron chi connectivity index (χ4n) is 2.47. The van der Waals surface area contributed by atoms with E-state index in [1.807, 2.05) is 6.92 Å². The second-order valence-corrected chi connectivity index (χ2v) is 5.76. The number of halogens is 1. The van der Waals surface area contributed by atoms with Crippen molar-refractivity contribution < 1.29 is 8.81 Å². The van der Waals surface area contributed by atoms with Gasteiger partial charge in [-0.25, -0.2) is 4.39 Å². The van der Waals surface area contributed by atoms with E-state index in [0.29, 0.717) is 0 Å². The van der Waals surface area contributed by atoms with Gasteiger partial charge in [0.15, 0.2) is 0 Å². The molecular weight excluding hydrogens is 255 g/mol. The van der Waals surface area contributed by atoms with Gasteiger partial charge in [0.25, 0.3) is 0 Å². The number of benzene rings is 1. The van der Waals surface area contributed by atoms with Crippen molar-refractivity contribution in [1.82, 2.24) is 10.2 Å². The number of likely N-dealkylation sites (N-methyl/N-ethyl adjacent to an activating group) is 1. The summed E-state index contributed by atoms with van der Waals surface area (Å²) in [5.41, 5.74) is 1.81. The van der Waals surface area contributed by atoms with Crippen LogP contribution in [0.15, 0.2) is 22.6 Å². The van der Waals surface area contributed by atoms with Gasteiger partial charge < -0.3 is 9.73 Å². The first-order valence-electron chi connectivity index (χ1n) is 7.23. The van der Waals surface area contributed by atoms with E-state index >= 15 is 0 Å². The van der Waals surface area contributed by atoms with Crippen LogP contribution >= 0.6 is 0 Å². The van der Waals surface area contributed by atoms with E-state index in [4.69, 9.17) is 4.42 Å². The number of nitrogens with zero attached hydrogens (tertiary/aromatic N) is 1. The molecule has 4 heteroatoms. The minimum absolute atomic E-state index is 0.213. The molecule has 1 aromatic carbocycles. The molecule has 3 nitrogen and oxygen atoms in total. The monoisotopic (exact) mass is 276 g/mol. The molecule has 0 saturated heterocycles. The normalized spacial score (nSPS) is 15.4. The van der Waals surface area contributed by atoms with Crippen molar-refractivity contribution in [3.05, 3.63) is 35.3 Å². The van der Waals surface area contributed by atoms with Crippen molar-refractivity contribution >= 4 is 11.0 Å². The Morgan fingerprint density at radius 1 is 1.40 bits per heavy atom. The molecule has 108 valence electrons. The maximum Gasteiger partial charge on any atom is 0.134 e. The highest BCUT2D eigenvalue weighted by Crippen LogP contribution is 2.26. The summed E-state index contributed by atoms with van der Waals surface area (Å²) in [4.78, 5) is 2.23. The molecule has 1 aromatic heterocycles. The van der Waals surface area contributed by atoms with Gasteiger partial charge in [-0.05, 0) is 50.6 Å². The first-order valence-corrected chi connectivity index (χ1v) is 7.23. The third-order valence-electron chi connectivity index (χ3n) is 3.91. The van der Waals surface area contributed by atoms with Gasteiger partial charge in [0.1, 0.15) is 17.2 Å². The van der Waals surface area contributed by atoms with Crippen molar-refractivity contribution in [1.29, 1.82) is 0 Å². The van der Waals surface area contributed by atoms with Gasteiger partial charge >= 0.3 is 0 Å². The summed E-state index contributed by atoms with van der Waals surface area (Å²) >= 11 is 0. The van der Waals surface area contributed by atoms with Gasteiger partial charge in [0.2, 0.25) is 0 Å². The lowest BCUT2D eigenvalue weighted by molar-refractivity contribution is 0.296. The number of nitrogens with one attached hydrogen (secondary N) is 1. The summed E-state index contributed by atoms with van der Waals surface area (Å²) in [5.74, 6) is 0.717. The topological polar surface area (TPSA) is 28.4 Å². The maximum atomic E-state index is 13.3. The molecule has 0 radical (unpaired) electrons. The molecule has 0 amide bonds. The molecule has 20 heavy (non-hydrogen) atoms. The standard InChI is InChI=1S/C16H21FN2O/c1-11-14-9-12(17)3-6-15(14)20-16(11)10-19(2)8-7-18-13-4-5-13/h3,6,9,13,18H,4-5,7-8,10H2,1-2H3. The zero-order valence-electron chi connectivity index (χ0n) is 12.1. The molecule has 3 rings (SSSR count). The summed E-state index contributed by atoms with van der Waals surface area (Å²) < 4.78 is 19.1. The minimum Gasteiger partial charge on any atom is -0.459 e. The molecule has 0 unspecified atom stereocenters. The van der Waals surface area contributed by atoms with Crippen LogP contribution in [0.3, 0.4) is 0 Å². The van der Waals surface area contributed by atoms with Crippen LogP contribution in [-0.2, 0) is 6.54 Å². The van der Waals surface area contributed by atoms with Crippen LogP contribution in [0.5, 0.6) is 0 Å². The lowest BCUT2D eigenvalue weighted by atomic mass is 10.1. The highest BCUT2D eigenvalue weighted by atomic mass is 19.1. The van der Waals surface area contributed by atoms with Crippen LogP contribution in [0.1, 0.15) is 24.2 Å². The summed E-state index contributed by atoms with van der Waals surface area (Å²) in [6.07, 6.45) is 2.63. The van der Waals surface area contributed by atoms with Crippen LogP contribution in [0, 0.1) is 12.7 Å². The third-order valence-corrected chi connectivity index (χ3v) is 3.91. The quantitative estimate of drug-likeness (QED) is 0.879. The van der Waals surface area contributed by atoms with Gasteiger partial charge in [-0.15, -0.1) is 0 Å². The Morgan fingerprint density at radius 2 is 2.20 bits per heavy atom. The molecule has 1 saturated carbocycles. The molecule has 1 heterocycles. The Bertz CT molecular complexity index is 604. The van der Waals surface area contributed by atoms with Gasteiger partial charge in [-0.3, -0.25) is 4.90 Å². The molecule has 0 spiro atoms. The highest BCUT2D eigenvalue weighted by Gasteiger charge is 2.20. The summed E-state index contributed by atoms with van der Waals surface area (Å²) in [6.45, 7) is 4.75. The van der Waals surface area contributed by atoms with E-state index in [1.54, 1.807) is 12.1 Å². The van der Waals surface area contributed by atoms with E-state index in [-0.39, 0.29) is 5.82 Å². The van der Waals surface area contributed by atoms with Gasteiger partial charge in [-0.1, -0.05) is 0 Å². The Morgan fingerprint density at radius 3 is 2.95 bits per heavy atom.